The number of carbonyl (C=O) groups is 1. The van der Waals surface area contributed by atoms with Crippen molar-refractivity contribution in [1.82, 2.24) is 14.7 Å². The lowest BCUT2D eigenvalue weighted by Gasteiger charge is -2.08. The summed E-state index contributed by atoms with van der Waals surface area (Å²) in [5.41, 5.74) is 0. The van der Waals surface area contributed by atoms with Crippen molar-refractivity contribution in [3.63, 3.8) is 0 Å². The van der Waals surface area contributed by atoms with E-state index in [0.717, 1.165) is 6.54 Å². The first-order chi connectivity index (χ1) is 6.13. The minimum atomic E-state index is -0.393. The van der Waals surface area contributed by atoms with Crippen LogP contribution in [0.5, 0.6) is 5.75 Å². The summed E-state index contributed by atoms with van der Waals surface area (Å²) in [5.74, 6) is 0.473. The zero-order valence-electron chi connectivity index (χ0n) is 8.02. The lowest BCUT2D eigenvalue weighted by Crippen LogP contribution is -2.25. The second kappa shape index (κ2) is 3.93. The Morgan fingerprint density at radius 2 is 2.38 bits per heavy atom. The van der Waals surface area contributed by atoms with Crippen LogP contribution in [0.25, 0.3) is 0 Å². The van der Waals surface area contributed by atoms with Crippen LogP contribution in [-0.4, -0.2) is 34.9 Å². The topological polar surface area (TPSA) is 47.4 Å². The third-order valence-electron chi connectivity index (χ3n) is 1.50. The van der Waals surface area contributed by atoms with Crippen molar-refractivity contribution in [2.24, 2.45) is 0 Å². The van der Waals surface area contributed by atoms with Gasteiger partial charge in [0.05, 0.1) is 12.4 Å². The Morgan fingerprint density at radius 3 is 2.85 bits per heavy atom. The monoisotopic (exact) mass is 183 g/mol. The van der Waals surface area contributed by atoms with Crippen molar-refractivity contribution in [3.8, 4) is 5.75 Å². The van der Waals surface area contributed by atoms with Crippen LogP contribution in [0.1, 0.15) is 6.92 Å². The summed E-state index contributed by atoms with van der Waals surface area (Å²) in [4.78, 5) is 12.4. The second-order valence-corrected chi connectivity index (χ2v) is 2.79. The molecular formula is C8H13N3O2. The Morgan fingerprint density at radius 1 is 1.69 bits per heavy atom. The van der Waals surface area contributed by atoms with Crippen molar-refractivity contribution in [2.75, 3.05) is 14.1 Å². The van der Waals surface area contributed by atoms with Crippen LogP contribution in [0.15, 0.2) is 12.4 Å². The van der Waals surface area contributed by atoms with Crippen molar-refractivity contribution in [2.45, 2.75) is 13.5 Å². The molecule has 5 heteroatoms. The average molecular weight is 183 g/mol. The van der Waals surface area contributed by atoms with Gasteiger partial charge >= 0.3 is 6.09 Å². The van der Waals surface area contributed by atoms with Crippen LogP contribution in [0.2, 0.25) is 0 Å². The van der Waals surface area contributed by atoms with E-state index in [1.54, 1.807) is 25.0 Å². The van der Waals surface area contributed by atoms with E-state index in [9.17, 15) is 4.79 Å². The highest BCUT2D eigenvalue weighted by molar-refractivity contribution is 5.69. The predicted molar refractivity (Wildman–Crippen MR) is 47.6 cm³/mol. The maximum atomic E-state index is 11.1. The highest BCUT2D eigenvalue weighted by atomic mass is 16.6. The molecule has 72 valence electrons. The number of ether oxygens (including phenoxy) is 1. The van der Waals surface area contributed by atoms with E-state index in [1.165, 1.54) is 11.1 Å². The molecule has 0 aliphatic carbocycles. The van der Waals surface area contributed by atoms with E-state index in [1.807, 2.05) is 6.92 Å². The van der Waals surface area contributed by atoms with Crippen LogP contribution in [-0.2, 0) is 6.54 Å². The Kier molecular flexibility index (Phi) is 2.89. The molecule has 5 nitrogen and oxygen atoms in total. The molecule has 0 saturated carbocycles. The molecule has 0 aliphatic heterocycles. The Balaban J connectivity index is 2.59. The first kappa shape index (κ1) is 9.57. The second-order valence-electron chi connectivity index (χ2n) is 2.79. The van der Waals surface area contributed by atoms with Gasteiger partial charge in [0, 0.05) is 20.6 Å². The van der Waals surface area contributed by atoms with Gasteiger partial charge in [-0.3, -0.25) is 4.68 Å². The Labute approximate surface area is 76.9 Å². The largest absolute Gasteiger partial charge is 0.414 e. The smallest absolute Gasteiger partial charge is 0.407 e. The molecule has 1 aromatic rings. The fourth-order valence-electron chi connectivity index (χ4n) is 0.762. The van der Waals surface area contributed by atoms with Gasteiger partial charge in [0.1, 0.15) is 0 Å². The van der Waals surface area contributed by atoms with Gasteiger partial charge in [0.15, 0.2) is 5.75 Å². The van der Waals surface area contributed by atoms with Crippen molar-refractivity contribution < 1.29 is 9.53 Å². The number of carbonyl (C=O) groups excluding carboxylic acids is 1. The number of aromatic nitrogens is 2. The summed E-state index contributed by atoms with van der Waals surface area (Å²) in [7, 11) is 3.26. The van der Waals surface area contributed by atoms with Gasteiger partial charge in [0.2, 0.25) is 0 Å². The maximum absolute atomic E-state index is 11.1. The number of hydrogen-bond donors (Lipinski definition) is 0. The molecule has 0 atom stereocenters. The predicted octanol–water partition coefficient (Wildman–Crippen LogP) is 0.963. The van der Waals surface area contributed by atoms with Crippen LogP contribution < -0.4 is 4.74 Å². The molecule has 0 aliphatic rings. The highest BCUT2D eigenvalue weighted by Crippen LogP contribution is 2.08. The Bertz CT molecular complexity index is 293. The van der Waals surface area contributed by atoms with Gasteiger partial charge in [-0.05, 0) is 6.92 Å². The van der Waals surface area contributed by atoms with Crippen LogP contribution in [0, 0.1) is 0 Å². The van der Waals surface area contributed by atoms with Gasteiger partial charge in [-0.1, -0.05) is 0 Å². The van der Waals surface area contributed by atoms with Gasteiger partial charge in [-0.2, -0.15) is 5.10 Å². The van der Waals surface area contributed by atoms with Crippen molar-refractivity contribution >= 4 is 6.09 Å². The molecule has 1 amide bonds. The van der Waals surface area contributed by atoms with E-state index in [2.05, 4.69) is 5.10 Å². The molecule has 0 aromatic carbocycles. The molecule has 0 unspecified atom stereocenters. The molecule has 1 heterocycles. The summed E-state index contributed by atoms with van der Waals surface area (Å²) in [6, 6.07) is 0. The zero-order valence-corrected chi connectivity index (χ0v) is 8.02. The standard InChI is InChI=1S/C8H13N3O2/c1-4-11-6-7(5-9-11)13-8(12)10(2)3/h5-6H,4H2,1-3H3. The summed E-state index contributed by atoms with van der Waals surface area (Å²) in [6.07, 6.45) is 2.81. The van der Waals surface area contributed by atoms with Gasteiger partial charge in [-0.15, -0.1) is 0 Å². The molecule has 0 spiro atoms. The van der Waals surface area contributed by atoms with Gasteiger partial charge in [-0.25, -0.2) is 4.79 Å². The highest BCUT2D eigenvalue weighted by Gasteiger charge is 2.07. The van der Waals surface area contributed by atoms with Crippen LogP contribution in [0.3, 0.4) is 0 Å². The minimum Gasteiger partial charge on any atom is -0.407 e. The van der Waals surface area contributed by atoms with E-state index in [4.69, 9.17) is 4.74 Å². The van der Waals surface area contributed by atoms with Crippen molar-refractivity contribution in [1.29, 1.82) is 0 Å². The molecule has 13 heavy (non-hydrogen) atoms. The van der Waals surface area contributed by atoms with Crippen LogP contribution >= 0.6 is 0 Å². The van der Waals surface area contributed by atoms with E-state index >= 15 is 0 Å². The fourth-order valence-corrected chi connectivity index (χ4v) is 0.762. The molecule has 1 aromatic heterocycles. The summed E-state index contributed by atoms with van der Waals surface area (Å²) >= 11 is 0. The maximum Gasteiger partial charge on any atom is 0.414 e. The fraction of sp³-hybridized carbons (Fsp3) is 0.500. The lowest BCUT2D eigenvalue weighted by molar-refractivity contribution is 0.172. The molecule has 0 bridgehead atoms. The quantitative estimate of drug-likeness (QED) is 0.686. The number of nitrogens with zero attached hydrogens (tertiary/aromatic N) is 3. The molecule has 0 saturated heterocycles. The first-order valence-corrected chi connectivity index (χ1v) is 4.05. The first-order valence-electron chi connectivity index (χ1n) is 4.05. The Hall–Kier alpha value is -1.52. The molecule has 1 rings (SSSR count). The number of hydrogen-bond acceptors (Lipinski definition) is 3. The normalized spacial score (nSPS) is 9.77. The average Bonchev–Trinajstić information content (AvgIpc) is 2.52. The summed E-state index contributed by atoms with van der Waals surface area (Å²) < 4.78 is 6.65. The lowest BCUT2D eigenvalue weighted by atomic mass is 10.6. The van der Waals surface area contributed by atoms with E-state index in [0.29, 0.717) is 5.75 Å². The van der Waals surface area contributed by atoms with E-state index in [-0.39, 0.29) is 0 Å². The van der Waals surface area contributed by atoms with E-state index < -0.39 is 6.09 Å². The number of amides is 1. The third-order valence-corrected chi connectivity index (χ3v) is 1.50. The number of aryl methyl sites for hydroxylation is 1. The summed E-state index contributed by atoms with van der Waals surface area (Å²) in [6.45, 7) is 2.73. The molecule has 0 N–H and O–H groups in total. The third kappa shape index (κ3) is 2.47. The van der Waals surface area contributed by atoms with Crippen molar-refractivity contribution in [3.05, 3.63) is 12.4 Å². The zero-order chi connectivity index (χ0) is 9.84. The summed E-state index contributed by atoms with van der Waals surface area (Å²) in [5, 5.41) is 3.97. The minimum absolute atomic E-state index is 0.393. The van der Waals surface area contributed by atoms with Gasteiger partial charge in [0.25, 0.3) is 0 Å². The molecular weight excluding hydrogens is 170 g/mol. The molecule has 0 radical (unpaired) electrons. The number of rotatable bonds is 2. The molecule has 0 fully saturated rings. The van der Waals surface area contributed by atoms with Gasteiger partial charge < -0.3 is 9.64 Å². The SMILES string of the molecule is CCn1cc(OC(=O)N(C)C)cn1. The van der Waals surface area contributed by atoms with Crippen LogP contribution in [0.4, 0.5) is 4.79 Å².